The van der Waals surface area contributed by atoms with Gasteiger partial charge in [0.05, 0.1) is 16.3 Å². The van der Waals surface area contributed by atoms with E-state index in [-0.39, 0.29) is 4.90 Å². The molecule has 148 valence electrons. The number of sulfonamides is 1. The molecule has 6 N–H and O–H groups in total. The Morgan fingerprint density at radius 2 is 2.00 bits per heavy atom. The first-order valence-electron chi connectivity index (χ1n) is 8.68. The summed E-state index contributed by atoms with van der Waals surface area (Å²) in [6, 6.07) is 8.25. The second kappa shape index (κ2) is 8.63. The van der Waals surface area contributed by atoms with Gasteiger partial charge in [0, 0.05) is 18.4 Å². The molecule has 3 rings (SSSR count). The van der Waals surface area contributed by atoms with Gasteiger partial charge >= 0.3 is 0 Å². The summed E-state index contributed by atoms with van der Waals surface area (Å²) in [7, 11) is -3.67. The predicted molar refractivity (Wildman–Crippen MR) is 112 cm³/mol. The highest BCUT2D eigenvalue weighted by atomic mass is 32.2. The van der Waals surface area contributed by atoms with Crippen LogP contribution in [-0.4, -0.2) is 24.9 Å². The molecule has 1 aromatic heterocycles. The number of nitrogens with zero attached hydrogens (tertiary/aromatic N) is 2. The second-order valence-corrected chi connectivity index (χ2v) is 8.55. The molecule has 8 nitrogen and oxygen atoms in total. The fourth-order valence-electron chi connectivity index (χ4n) is 2.51. The Bertz CT molecular complexity index is 1020. The maximum Gasteiger partial charge on any atom is 0.238 e. The van der Waals surface area contributed by atoms with Crippen LogP contribution in [0.4, 0.5) is 5.95 Å². The summed E-state index contributed by atoms with van der Waals surface area (Å²) >= 11 is 1.55. The van der Waals surface area contributed by atoms with Crippen LogP contribution in [0.15, 0.2) is 57.6 Å². The molecular formula is C18H22N6O2S2. The maximum absolute atomic E-state index is 11.3. The number of thioether (sulfide) groups is 1. The fourth-order valence-corrected chi connectivity index (χ4v) is 3.93. The molecule has 2 aromatic rings. The third-order valence-corrected chi connectivity index (χ3v) is 5.99. The van der Waals surface area contributed by atoms with Gasteiger partial charge in [0.1, 0.15) is 5.03 Å². The van der Waals surface area contributed by atoms with Crippen molar-refractivity contribution >= 4 is 33.4 Å². The van der Waals surface area contributed by atoms with Crippen LogP contribution in [0.2, 0.25) is 0 Å². The standard InChI is InChI=1S/C18H22N6O2S2/c1-2-13-11-27-17(23-13)16(19)15-8-10-22-18(24-15)21-9-7-12-3-5-14(6-4-12)28(20,25)26/h3-6,8,10-11,23H,2,7,9,19H2,1H3,(H2,20,25,26)(H,21,22,24)/b17-16+. The van der Waals surface area contributed by atoms with E-state index in [0.717, 1.165) is 22.7 Å². The average Bonchev–Trinajstić information content (AvgIpc) is 3.17. The van der Waals surface area contributed by atoms with Gasteiger partial charge in [-0.3, -0.25) is 0 Å². The van der Waals surface area contributed by atoms with E-state index < -0.39 is 10.0 Å². The normalized spacial score (nSPS) is 15.7. The zero-order valence-electron chi connectivity index (χ0n) is 15.3. The third kappa shape index (κ3) is 5.03. The van der Waals surface area contributed by atoms with Crippen molar-refractivity contribution in [1.82, 2.24) is 15.3 Å². The number of hydrogen-bond donors (Lipinski definition) is 4. The molecule has 2 heterocycles. The molecule has 0 amide bonds. The molecule has 0 spiro atoms. The Morgan fingerprint density at radius 3 is 2.64 bits per heavy atom. The van der Waals surface area contributed by atoms with E-state index in [2.05, 4.69) is 27.5 Å². The van der Waals surface area contributed by atoms with E-state index in [9.17, 15) is 8.42 Å². The highest BCUT2D eigenvalue weighted by Crippen LogP contribution is 2.29. The molecule has 0 fully saturated rings. The summed E-state index contributed by atoms with van der Waals surface area (Å²) in [5.74, 6) is 0.480. The lowest BCUT2D eigenvalue weighted by Gasteiger charge is -2.09. The van der Waals surface area contributed by atoms with Gasteiger partial charge in [0.15, 0.2) is 0 Å². The van der Waals surface area contributed by atoms with Gasteiger partial charge in [-0.25, -0.2) is 23.5 Å². The Morgan fingerprint density at radius 1 is 1.25 bits per heavy atom. The fraction of sp³-hybridized carbons (Fsp3) is 0.222. The number of benzene rings is 1. The molecule has 1 aromatic carbocycles. The number of nitrogens with one attached hydrogen (secondary N) is 2. The Hall–Kier alpha value is -2.56. The summed E-state index contributed by atoms with van der Waals surface area (Å²) in [6.07, 6.45) is 3.25. The minimum Gasteiger partial charge on any atom is -0.395 e. The van der Waals surface area contributed by atoms with Crippen molar-refractivity contribution in [3.8, 4) is 0 Å². The van der Waals surface area contributed by atoms with Crippen LogP contribution in [0.5, 0.6) is 0 Å². The first-order chi connectivity index (χ1) is 13.4. The molecule has 10 heteroatoms. The molecule has 0 atom stereocenters. The number of hydrogen-bond acceptors (Lipinski definition) is 8. The molecule has 1 aliphatic rings. The second-order valence-electron chi connectivity index (χ2n) is 6.11. The lowest BCUT2D eigenvalue weighted by Crippen LogP contribution is -2.14. The Balaban J connectivity index is 1.60. The van der Waals surface area contributed by atoms with Gasteiger partial charge in [-0.15, -0.1) is 0 Å². The van der Waals surface area contributed by atoms with Crippen LogP contribution in [0.25, 0.3) is 5.70 Å². The molecule has 28 heavy (non-hydrogen) atoms. The highest BCUT2D eigenvalue weighted by Gasteiger charge is 2.14. The average molecular weight is 419 g/mol. The summed E-state index contributed by atoms with van der Waals surface area (Å²) in [4.78, 5) is 8.79. The number of aromatic nitrogens is 2. The minimum atomic E-state index is -3.67. The van der Waals surface area contributed by atoms with Crippen molar-refractivity contribution < 1.29 is 8.42 Å². The van der Waals surface area contributed by atoms with Crippen molar-refractivity contribution in [2.24, 2.45) is 10.9 Å². The topological polar surface area (TPSA) is 136 Å². The van der Waals surface area contributed by atoms with Crippen molar-refractivity contribution in [2.45, 2.75) is 24.7 Å². The third-order valence-electron chi connectivity index (χ3n) is 4.10. The van der Waals surface area contributed by atoms with Crippen molar-refractivity contribution in [1.29, 1.82) is 0 Å². The minimum absolute atomic E-state index is 0.0999. The molecule has 1 aliphatic heterocycles. The smallest absolute Gasteiger partial charge is 0.238 e. The summed E-state index contributed by atoms with van der Waals surface area (Å²) in [5, 5.41) is 14.5. The zero-order valence-corrected chi connectivity index (χ0v) is 17.0. The van der Waals surface area contributed by atoms with E-state index in [1.165, 1.54) is 12.1 Å². The quantitative estimate of drug-likeness (QED) is 0.536. The van der Waals surface area contributed by atoms with Crippen LogP contribution >= 0.6 is 11.8 Å². The maximum atomic E-state index is 11.3. The molecule has 0 radical (unpaired) electrons. The SMILES string of the molecule is CCC1=CS/C(=C(/N)c2ccnc(NCCc3ccc(S(N)(=O)=O)cc3)n2)N1. The number of allylic oxidation sites excluding steroid dienone is 1. The number of primary sulfonamides is 1. The van der Waals surface area contributed by atoms with Crippen LogP contribution in [0.1, 0.15) is 24.6 Å². The van der Waals surface area contributed by atoms with Gasteiger partial charge in [0.2, 0.25) is 16.0 Å². The van der Waals surface area contributed by atoms with Gasteiger partial charge < -0.3 is 16.4 Å². The monoisotopic (exact) mass is 418 g/mol. The Kier molecular flexibility index (Phi) is 6.22. The molecule has 0 saturated carbocycles. The number of nitrogens with two attached hydrogens (primary N) is 2. The molecule has 0 aliphatic carbocycles. The van der Waals surface area contributed by atoms with Crippen molar-refractivity contribution in [3.05, 3.63) is 63.9 Å². The molecule has 0 bridgehead atoms. The highest BCUT2D eigenvalue weighted by molar-refractivity contribution is 8.06. The van der Waals surface area contributed by atoms with Crippen molar-refractivity contribution in [3.63, 3.8) is 0 Å². The number of anilines is 1. The first kappa shape index (κ1) is 20.2. The van der Waals surface area contributed by atoms with E-state index in [1.807, 2.05) is 5.41 Å². The lowest BCUT2D eigenvalue weighted by atomic mass is 10.1. The van der Waals surface area contributed by atoms with Crippen LogP contribution in [0.3, 0.4) is 0 Å². The largest absolute Gasteiger partial charge is 0.395 e. The first-order valence-corrected chi connectivity index (χ1v) is 11.1. The van der Waals surface area contributed by atoms with Crippen LogP contribution in [0, 0.1) is 0 Å². The van der Waals surface area contributed by atoms with E-state index in [4.69, 9.17) is 10.9 Å². The zero-order chi connectivity index (χ0) is 20.1. The predicted octanol–water partition coefficient (Wildman–Crippen LogP) is 1.95. The summed E-state index contributed by atoms with van der Waals surface area (Å²) in [6.45, 7) is 2.66. The van der Waals surface area contributed by atoms with Gasteiger partial charge in [-0.2, -0.15) is 0 Å². The number of rotatable bonds is 7. The van der Waals surface area contributed by atoms with Crippen molar-refractivity contribution in [2.75, 3.05) is 11.9 Å². The van der Waals surface area contributed by atoms with Crippen LogP contribution < -0.4 is 21.5 Å². The van der Waals surface area contributed by atoms with E-state index in [0.29, 0.717) is 30.3 Å². The van der Waals surface area contributed by atoms with Crippen LogP contribution in [-0.2, 0) is 16.4 Å². The van der Waals surface area contributed by atoms with E-state index in [1.54, 1.807) is 36.2 Å². The molecular weight excluding hydrogens is 396 g/mol. The van der Waals surface area contributed by atoms with E-state index >= 15 is 0 Å². The summed E-state index contributed by atoms with van der Waals surface area (Å²) < 4.78 is 22.6. The Labute approximate surface area is 168 Å². The summed E-state index contributed by atoms with van der Waals surface area (Å²) in [5.41, 5.74) is 9.57. The molecule has 0 unspecified atom stereocenters. The van der Waals surface area contributed by atoms with Gasteiger partial charge in [0.25, 0.3) is 0 Å². The molecule has 0 saturated heterocycles. The lowest BCUT2D eigenvalue weighted by molar-refractivity contribution is 0.598. The van der Waals surface area contributed by atoms with Gasteiger partial charge in [-0.1, -0.05) is 30.8 Å². The van der Waals surface area contributed by atoms with Gasteiger partial charge in [-0.05, 0) is 42.0 Å².